The predicted molar refractivity (Wildman–Crippen MR) is 64.8 cm³/mol. The summed E-state index contributed by atoms with van der Waals surface area (Å²) in [7, 11) is 0. The van der Waals surface area contributed by atoms with Gasteiger partial charge in [-0.05, 0) is 19.1 Å². The van der Waals surface area contributed by atoms with Crippen LogP contribution in [0, 0.1) is 11.3 Å². The van der Waals surface area contributed by atoms with Crippen LogP contribution in [0.3, 0.4) is 0 Å². The molecule has 0 radical (unpaired) electrons. The number of nitrogens with zero attached hydrogens (tertiary/aromatic N) is 1. The first-order chi connectivity index (χ1) is 10.7. The molecule has 0 heterocycles. The Morgan fingerprint density at radius 1 is 1.30 bits per heavy atom. The van der Waals surface area contributed by atoms with E-state index in [0.29, 0.717) is 6.07 Å². The summed E-state index contributed by atoms with van der Waals surface area (Å²) < 4.78 is 74.4. The quantitative estimate of drug-likeness (QED) is 0.588. The number of hydrogen-bond donors (Lipinski definition) is 0. The maximum atomic E-state index is 12.4. The Balaban J connectivity index is 3.37. The summed E-state index contributed by atoms with van der Waals surface area (Å²) in [4.78, 5) is 11.5. The molecule has 0 spiro atoms. The third-order valence-electron chi connectivity index (χ3n) is 2.37. The lowest BCUT2D eigenvalue weighted by Crippen LogP contribution is -2.20. The summed E-state index contributed by atoms with van der Waals surface area (Å²) in [5.41, 5.74) is -1.01. The molecular formula is C13H10F5NO4. The van der Waals surface area contributed by atoms with E-state index >= 15 is 0 Å². The lowest BCUT2D eigenvalue weighted by molar-refractivity contribution is -0.275. The highest BCUT2D eigenvalue weighted by Gasteiger charge is 2.34. The van der Waals surface area contributed by atoms with Crippen LogP contribution >= 0.6 is 0 Å². The fraction of sp³-hybridized carbons (Fsp3) is 0.385. The van der Waals surface area contributed by atoms with E-state index in [1.54, 1.807) is 0 Å². The third-order valence-corrected chi connectivity index (χ3v) is 2.37. The molecular weight excluding hydrogens is 329 g/mol. The van der Waals surface area contributed by atoms with Crippen LogP contribution in [0.2, 0.25) is 0 Å². The Labute approximate surface area is 127 Å². The van der Waals surface area contributed by atoms with Gasteiger partial charge in [-0.1, -0.05) is 0 Å². The van der Waals surface area contributed by atoms with Gasteiger partial charge in [0.15, 0.2) is 0 Å². The largest absolute Gasteiger partial charge is 0.573 e. The molecule has 0 atom stereocenters. The Kier molecular flexibility index (Phi) is 6.12. The lowest BCUT2D eigenvalue weighted by Gasteiger charge is -2.17. The van der Waals surface area contributed by atoms with Crippen LogP contribution in [-0.4, -0.2) is 25.6 Å². The molecule has 10 heteroatoms. The molecule has 23 heavy (non-hydrogen) atoms. The van der Waals surface area contributed by atoms with Crippen LogP contribution in [0.5, 0.6) is 11.5 Å². The minimum absolute atomic E-state index is 0.0599. The predicted octanol–water partition coefficient (Wildman–Crippen LogP) is 3.16. The van der Waals surface area contributed by atoms with Gasteiger partial charge in [0.05, 0.1) is 24.7 Å². The molecule has 0 aliphatic rings. The summed E-state index contributed by atoms with van der Waals surface area (Å²) in [6.07, 6.45) is -5.95. The summed E-state index contributed by atoms with van der Waals surface area (Å²) in [5.74, 6) is -2.73. The van der Waals surface area contributed by atoms with Gasteiger partial charge >= 0.3 is 18.9 Å². The fourth-order valence-corrected chi connectivity index (χ4v) is 1.63. The second kappa shape index (κ2) is 7.62. The lowest BCUT2D eigenvalue weighted by atomic mass is 10.1. The molecule has 0 amide bonds. The molecule has 1 aromatic carbocycles. The smallest absolute Gasteiger partial charge is 0.466 e. The number of carbonyl (C=O) groups is 1. The number of rotatable bonds is 6. The fourth-order valence-electron chi connectivity index (χ4n) is 1.63. The van der Waals surface area contributed by atoms with Gasteiger partial charge in [-0.15, -0.1) is 13.2 Å². The second-order valence-electron chi connectivity index (χ2n) is 3.97. The molecule has 126 valence electrons. The highest BCUT2D eigenvalue weighted by molar-refractivity contribution is 5.75. The molecule has 0 aromatic heterocycles. The SMILES string of the molecule is CCOC(=O)Cc1c(OC(F)F)cc(C#N)cc1OC(F)(F)F. The van der Waals surface area contributed by atoms with Crippen LogP contribution in [0.25, 0.3) is 0 Å². The second-order valence-corrected chi connectivity index (χ2v) is 3.97. The van der Waals surface area contributed by atoms with Gasteiger partial charge in [-0.3, -0.25) is 4.79 Å². The molecule has 0 aliphatic heterocycles. The Morgan fingerprint density at radius 3 is 2.39 bits per heavy atom. The Hall–Kier alpha value is -2.57. The van der Waals surface area contributed by atoms with Gasteiger partial charge in [-0.2, -0.15) is 14.0 Å². The average Bonchev–Trinajstić information content (AvgIpc) is 2.40. The van der Waals surface area contributed by atoms with Gasteiger partial charge in [0, 0.05) is 5.56 Å². The molecule has 1 rings (SSSR count). The number of hydrogen-bond acceptors (Lipinski definition) is 5. The van der Waals surface area contributed by atoms with Crippen molar-refractivity contribution in [1.29, 1.82) is 5.26 Å². The zero-order valence-electron chi connectivity index (χ0n) is 11.6. The first-order valence-corrected chi connectivity index (χ1v) is 6.09. The van der Waals surface area contributed by atoms with Crippen molar-refractivity contribution in [3.8, 4) is 17.6 Å². The van der Waals surface area contributed by atoms with Crippen LogP contribution in [0.4, 0.5) is 22.0 Å². The van der Waals surface area contributed by atoms with Gasteiger partial charge < -0.3 is 14.2 Å². The zero-order chi connectivity index (χ0) is 17.6. The van der Waals surface area contributed by atoms with Gasteiger partial charge in [0.25, 0.3) is 0 Å². The molecule has 0 N–H and O–H groups in total. The molecule has 0 saturated heterocycles. The van der Waals surface area contributed by atoms with E-state index in [-0.39, 0.29) is 6.61 Å². The van der Waals surface area contributed by atoms with Gasteiger partial charge in [-0.25, -0.2) is 0 Å². The molecule has 0 fully saturated rings. The maximum Gasteiger partial charge on any atom is 0.573 e. The molecule has 0 saturated carbocycles. The molecule has 5 nitrogen and oxygen atoms in total. The summed E-state index contributed by atoms with van der Waals surface area (Å²) in [5, 5.41) is 8.75. The minimum Gasteiger partial charge on any atom is -0.466 e. The number of ether oxygens (including phenoxy) is 3. The highest BCUT2D eigenvalue weighted by Crippen LogP contribution is 2.35. The van der Waals surface area contributed by atoms with E-state index in [2.05, 4.69) is 14.2 Å². The summed E-state index contributed by atoms with van der Waals surface area (Å²) in [6.45, 7) is -1.97. The van der Waals surface area contributed by atoms with Crippen molar-refractivity contribution in [3.63, 3.8) is 0 Å². The molecule has 0 aliphatic carbocycles. The number of carbonyl (C=O) groups excluding carboxylic acids is 1. The van der Waals surface area contributed by atoms with E-state index in [9.17, 15) is 26.7 Å². The van der Waals surface area contributed by atoms with Crippen LogP contribution < -0.4 is 9.47 Å². The topological polar surface area (TPSA) is 68.5 Å². The van der Waals surface area contributed by atoms with E-state index in [1.807, 2.05) is 0 Å². The van der Waals surface area contributed by atoms with Crippen LogP contribution in [0.1, 0.15) is 18.1 Å². The van der Waals surface area contributed by atoms with Crippen molar-refractivity contribution in [2.75, 3.05) is 6.61 Å². The number of halogens is 5. The van der Waals surface area contributed by atoms with Crippen molar-refractivity contribution in [2.24, 2.45) is 0 Å². The monoisotopic (exact) mass is 339 g/mol. The van der Waals surface area contributed by atoms with Crippen molar-refractivity contribution in [3.05, 3.63) is 23.3 Å². The number of esters is 1. The first-order valence-electron chi connectivity index (χ1n) is 6.09. The van der Waals surface area contributed by atoms with Crippen LogP contribution in [-0.2, 0) is 16.0 Å². The van der Waals surface area contributed by atoms with Gasteiger partial charge in [0.1, 0.15) is 11.5 Å². The molecule has 0 bridgehead atoms. The molecule has 0 unspecified atom stereocenters. The van der Waals surface area contributed by atoms with Crippen LogP contribution in [0.15, 0.2) is 12.1 Å². The van der Waals surface area contributed by atoms with E-state index in [4.69, 9.17) is 5.26 Å². The minimum atomic E-state index is -5.15. The Bertz CT molecular complexity index is 610. The average molecular weight is 339 g/mol. The standard InChI is InChI=1S/C13H10F5NO4/c1-2-21-11(20)5-8-9(22-12(14)15)3-7(6-19)4-10(8)23-13(16,17)18/h3-4,12H,2,5H2,1H3. The number of alkyl halides is 5. The van der Waals surface area contributed by atoms with Crippen molar-refractivity contribution < 1.29 is 41.0 Å². The summed E-state index contributed by atoms with van der Waals surface area (Å²) in [6, 6.07) is 2.93. The normalized spacial score (nSPS) is 11.0. The number of nitriles is 1. The Morgan fingerprint density at radius 2 is 1.91 bits per heavy atom. The van der Waals surface area contributed by atoms with Crippen molar-refractivity contribution in [1.82, 2.24) is 0 Å². The van der Waals surface area contributed by atoms with E-state index in [1.165, 1.54) is 13.0 Å². The summed E-state index contributed by atoms with van der Waals surface area (Å²) >= 11 is 0. The van der Waals surface area contributed by atoms with Gasteiger partial charge in [0.2, 0.25) is 0 Å². The third kappa shape index (κ3) is 5.98. The number of benzene rings is 1. The molecule has 1 aromatic rings. The highest BCUT2D eigenvalue weighted by atomic mass is 19.4. The first kappa shape index (κ1) is 18.5. The zero-order valence-corrected chi connectivity index (χ0v) is 11.6. The van der Waals surface area contributed by atoms with E-state index < -0.39 is 48.0 Å². The van der Waals surface area contributed by atoms with Crippen molar-refractivity contribution >= 4 is 5.97 Å². The van der Waals surface area contributed by atoms with E-state index in [0.717, 1.165) is 6.07 Å². The maximum absolute atomic E-state index is 12.4. The van der Waals surface area contributed by atoms with Crippen molar-refractivity contribution in [2.45, 2.75) is 26.3 Å².